The van der Waals surface area contributed by atoms with Crippen molar-refractivity contribution in [3.8, 4) is 0 Å². The Balaban J connectivity index is 2.19. The van der Waals surface area contributed by atoms with Gasteiger partial charge in [-0.25, -0.2) is 4.79 Å². The van der Waals surface area contributed by atoms with Gasteiger partial charge in [-0.15, -0.1) is 0 Å². The molecule has 0 aromatic heterocycles. The molecule has 1 atom stereocenters. The molecule has 1 aromatic carbocycles. The topological polar surface area (TPSA) is 60.9 Å². The van der Waals surface area contributed by atoms with Gasteiger partial charge in [0.2, 0.25) is 0 Å². The number of carbonyl (C=O) groups is 2. The number of rotatable bonds is 4. The third-order valence-corrected chi connectivity index (χ3v) is 3.53. The molecule has 0 aliphatic carbocycles. The maximum atomic E-state index is 11.8. The van der Waals surface area contributed by atoms with Crippen molar-refractivity contribution in [2.24, 2.45) is 0 Å². The molecule has 2 amide bonds. The predicted molar refractivity (Wildman–Crippen MR) is 72.5 cm³/mol. The van der Waals surface area contributed by atoms with Gasteiger partial charge in [-0.2, -0.15) is 0 Å². The summed E-state index contributed by atoms with van der Waals surface area (Å²) in [6, 6.07) is 7.21. The van der Waals surface area contributed by atoms with E-state index in [1.165, 1.54) is 0 Å². The number of likely N-dealkylation sites (N-methyl/N-ethyl adjacent to an activating group) is 1. The van der Waals surface area contributed by atoms with E-state index in [-0.39, 0.29) is 6.03 Å². The Morgan fingerprint density at radius 3 is 2.37 bits per heavy atom. The molecule has 1 aliphatic rings. The molecule has 0 saturated carbocycles. The number of aliphatic carboxylic acids is 1. The predicted octanol–water partition coefficient (Wildman–Crippen LogP) is 2.14. The van der Waals surface area contributed by atoms with Crippen LogP contribution in [0, 0.1) is 0 Å². The molecule has 0 unspecified atom stereocenters. The molecule has 2 rings (SSSR count). The zero-order valence-corrected chi connectivity index (χ0v) is 11.2. The molecule has 1 N–H and O–H groups in total. The van der Waals surface area contributed by atoms with E-state index in [0.717, 1.165) is 11.3 Å². The molecule has 1 saturated heterocycles. The Morgan fingerprint density at radius 1 is 1.32 bits per heavy atom. The maximum Gasteiger partial charge on any atom is 0.324 e. The van der Waals surface area contributed by atoms with Crippen LogP contribution in [0.4, 0.5) is 10.5 Å². The number of carboxylic acids is 1. The third kappa shape index (κ3) is 2.54. The number of carboxylic acid groups (broad SMARTS) is 1. The number of hydrogen-bond acceptors (Lipinski definition) is 2. The number of urea groups is 1. The van der Waals surface area contributed by atoms with Crippen molar-refractivity contribution in [1.82, 2.24) is 4.90 Å². The van der Waals surface area contributed by atoms with Crippen molar-refractivity contribution >= 4 is 17.7 Å². The van der Waals surface area contributed by atoms with E-state index in [0.29, 0.717) is 19.5 Å². The Hall–Kier alpha value is -2.04. The highest BCUT2D eigenvalue weighted by Gasteiger charge is 2.26. The fourth-order valence-electron chi connectivity index (χ4n) is 2.33. The van der Waals surface area contributed by atoms with Crippen molar-refractivity contribution in [2.45, 2.75) is 19.3 Å². The van der Waals surface area contributed by atoms with Crippen LogP contribution in [-0.2, 0) is 4.79 Å². The first kappa shape index (κ1) is 13.4. The molecule has 1 heterocycles. The Labute approximate surface area is 112 Å². The number of carbonyl (C=O) groups excluding carboxylic acids is 1. The lowest BCUT2D eigenvalue weighted by Crippen LogP contribution is -2.29. The second-order valence-electron chi connectivity index (χ2n) is 4.75. The number of benzene rings is 1. The van der Waals surface area contributed by atoms with Crippen LogP contribution in [0.5, 0.6) is 0 Å². The average molecular weight is 262 g/mol. The van der Waals surface area contributed by atoms with Gasteiger partial charge >= 0.3 is 12.0 Å². The summed E-state index contributed by atoms with van der Waals surface area (Å²) in [5.41, 5.74) is 1.59. The van der Waals surface area contributed by atoms with Crippen LogP contribution in [0.1, 0.15) is 24.8 Å². The first-order valence-corrected chi connectivity index (χ1v) is 6.40. The van der Waals surface area contributed by atoms with Gasteiger partial charge in [-0.05, 0) is 24.1 Å². The Bertz CT molecular complexity index is 484. The lowest BCUT2D eigenvalue weighted by molar-refractivity contribution is -0.138. The summed E-state index contributed by atoms with van der Waals surface area (Å²) in [5, 5.41) is 9.11. The number of hydrogen-bond donors (Lipinski definition) is 1. The molecule has 19 heavy (non-hydrogen) atoms. The molecule has 1 fully saturated rings. The molecule has 0 spiro atoms. The van der Waals surface area contributed by atoms with E-state index in [1.54, 1.807) is 29.0 Å². The lowest BCUT2D eigenvalue weighted by atomic mass is 9.96. The maximum absolute atomic E-state index is 11.8. The van der Waals surface area contributed by atoms with E-state index in [4.69, 9.17) is 5.11 Å². The normalized spacial score (nSPS) is 16.8. The van der Waals surface area contributed by atoms with Crippen molar-refractivity contribution in [2.75, 3.05) is 25.0 Å². The summed E-state index contributed by atoms with van der Waals surface area (Å²) in [5.74, 6) is -1.29. The van der Waals surface area contributed by atoms with Crippen molar-refractivity contribution in [3.05, 3.63) is 29.8 Å². The molecule has 102 valence electrons. The number of anilines is 1. The standard InChI is InChI=1S/C14H18N2O3/c1-3-12(13(17)18)10-4-6-11(7-5-10)16-9-8-15(2)14(16)19/h4-7,12H,3,8-9H2,1-2H3,(H,17,18)/t12-/m1/s1. The van der Waals surface area contributed by atoms with Gasteiger partial charge in [0.15, 0.2) is 0 Å². The van der Waals surface area contributed by atoms with Crippen molar-refractivity contribution < 1.29 is 14.7 Å². The van der Waals surface area contributed by atoms with Crippen LogP contribution in [0.2, 0.25) is 0 Å². The van der Waals surface area contributed by atoms with E-state index in [2.05, 4.69) is 0 Å². The lowest BCUT2D eigenvalue weighted by Gasteiger charge is -2.17. The molecule has 1 aliphatic heterocycles. The van der Waals surface area contributed by atoms with Gasteiger partial charge in [0.05, 0.1) is 5.92 Å². The molecular weight excluding hydrogens is 244 g/mol. The van der Waals surface area contributed by atoms with Gasteiger partial charge in [0.25, 0.3) is 0 Å². The van der Waals surface area contributed by atoms with Crippen LogP contribution in [0.3, 0.4) is 0 Å². The van der Waals surface area contributed by atoms with Gasteiger partial charge in [0, 0.05) is 25.8 Å². The summed E-state index contributed by atoms with van der Waals surface area (Å²) in [7, 11) is 1.77. The number of nitrogens with zero attached hydrogens (tertiary/aromatic N) is 2. The summed E-state index contributed by atoms with van der Waals surface area (Å²) in [4.78, 5) is 26.3. The van der Waals surface area contributed by atoms with Crippen LogP contribution >= 0.6 is 0 Å². The highest BCUT2D eigenvalue weighted by molar-refractivity contribution is 5.94. The SMILES string of the molecule is CC[C@@H](C(=O)O)c1ccc(N2CCN(C)C2=O)cc1. The monoisotopic (exact) mass is 262 g/mol. The fraction of sp³-hybridized carbons (Fsp3) is 0.429. The van der Waals surface area contributed by atoms with E-state index in [9.17, 15) is 9.59 Å². The molecular formula is C14H18N2O3. The first-order chi connectivity index (χ1) is 9.04. The van der Waals surface area contributed by atoms with Gasteiger partial charge in [0.1, 0.15) is 0 Å². The highest BCUT2D eigenvalue weighted by Crippen LogP contribution is 2.25. The van der Waals surface area contributed by atoms with Gasteiger partial charge < -0.3 is 10.0 Å². The molecule has 0 radical (unpaired) electrons. The second kappa shape index (κ2) is 5.30. The fourth-order valence-corrected chi connectivity index (χ4v) is 2.33. The highest BCUT2D eigenvalue weighted by atomic mass is 16.4. The minimum Gasteiger partial charge on any atom is -0.481 e. The zero-order valence-electron chi connectivity index (χ0n) is 11.2. The minimum absolute atomic E-state index is 0.0157. The van der Waals surface area contributed by atoms with Crippen molar-refractivity contribution in [3.63, 3.8) is 0 Å². The van der Waals surface area contributed by atoms with Crippen molar-refractivity contribution in [1.29, 1.82) is 0 Å². The van der Waals surface area contributed by atoms with Crippen LogP contribution in [-0.4, -0.2) is 42.1 Å². The third-order valence-electron chi connectivity index (χ3n) is 3.53. The molecule has 5 heteroatoms. The summed E-state index contributed by atoms with van der Waals surface area (Å²) < 4.78 is 0. The number of amides is 2. The van der Waals surface area contributed by atoms with Crippen LogP contribution in [0.15, 0.2) is 24.3 Å². The zero-order chi connectivity index (χ0) is 14.0. The molecule has 0 bridgehead atoms. The Morgan fingerprint density at radius 2 is 1.95 bits per heavy atom. The summed E-state index contributed by atoms with van der Waals surface area (Å²) in [6.45, 7) is 3.24. The van der Waals surface area contributed by atoms with E-state index in [1.807, 2.05) is 19.1 Å². The Kier molecular flexibility index (Phi) is 3.74. The molecule has 1 aromatic rings. The van der Waals surface area contributed by atoms with Crippen LogP contribution in [0.25, 0.3) is 0 Å². The van der Waals surface area contributed by atoms with Crippen LogP contribution < -0.4 is 4.90 Å². The summed E-state index contributed by atoms with van der Waals surface area (Å²) in [6.07, 6.45) is 0.556. The summed E-state index contributed by atoms with van der Waals surface area (Å²) >= 11 is 0. The van der Waals surface area contributed by atoms with Gasteiger partial charge in [-0.3, -0.25) is 9.69 Å². The second-order valence-corrected chi connectivity index (χ2v) is 4.75. The minimum atomic E-state index is -0.813. The average Bonchev–Trinajstić information content (AvgIpc) is 2.72. The van der Waals surface area contributed by atoms with Gasteiger partial charge in [-0.1, -0.05) is 19.1 Å². The smallest absolute Gasteiger partial charge is 0.324 e. The molecule has 5 nitrogen and oxygen atoms in total. The quantitative estimate of drug-likeness (QED) is 0.904. The van der Waals surface area contributed by atoms with E-state index < -0.39 is 11.9 Å². The van der Waals surface area contributed by atoms with E-state index >= 15 is 0 Å². The largest absolute Gasteiger partial charge is 0.481 e. The first-order valence-electron chi connectivity index (χ1n) is 6.40.